The smallest absolute Gasteiger partial charge is 0.343 e. The average molecular weight is 540 g/mol. The Labute approximate surface area is 232 Å². The molecule has 0 spiro atoms. The van der Waals surface area contributed by atoms with Crippen molar-refractivity contribution in [2.45, 2.75) is 70.6 Å². The van der Waals surface area contributed by atoms with Crippen molar-refractivity contribution in [2.24, 2.45) is 28.3 Å². The van der Waals surface area contributed by atoms with Crippen molar-refractivity contribution in [1.82, 2.24) is 9.55 Å². The number of carbonyl (C=O) groups is 1. The van der Waals surface area contributed by atoms with Gasteiger partial charge in [0.05, 0.1) is 35.2 Å². The Balaban J connectivity index is 1.17. The topological polar surface area (TPSA) is 103 Å². The van der Waals surface area contributed by atoms with Crippen molar-refractivity contribution in [3.05, 3.63) is 62.9 Å². The van der Waals surface area contributed by atoms with Gasteiger partial charge in [0.15, 0.2) is 5.60 Å². The Bertz CT molecular complexity index is 1640. The van der Waals surface area contributed by atoms with Crippen LogP contribution in [0.2, 0.25) is 0 Å². The van der Waals surface area contributed by atoms with E-state index in [9.17, 15) is 14.7 Å². The molecule has 0 saturated heterocycles. The summed E-state index contributed by atoms with van der Waals surface area (Å²) in [5, 5.41) is 16.6. The zero-order valence-electron chi connectivity index (χ0n) is 22.7. The van der Waals surface area contributed by atoms with Gasteiger partial charge in [0.25, 0.3) is 5.56 Å². The van der Waals surface area contributed by atoms with Gasteiger partial charge in [-0.1, -0.05) is 30.3 Å². The molecule has 4 bridgehead atoms. The fourth-order valence-electron chi connectivity index (χ4n) is 8.94. The molecule has 206 valence electrons. The van der Waals surface area contributed by atoms with Crippen LogP contribution in [0.1, 0.15) is 74.1 Å². The summed E-state index contributed by atoms with van der Waals surface area (Å²) in [7, 11) is 0. The van der Waals surface area contributed by atoms with Crippen molar-refractivity contribution < 1.29 is 19.5 Å². The molecule has 6 aliphatic rings. The second-order valence-electron chi connectivity index (χ2n) is 12.9. The minimum Gasteiger partial charge on any atom is -0.458 e. The van der Waals surface area contributed by atoms with Crippen LogP contribution in [-0.4, -0.2) is 33.4 Å². The van der Waals surface area contributed by atoms with Crippen molar-refractivity contribution in [1.29, 1.82) is 0 Å². The molecule has 2 aliphatic heterocycles. The van der Waals surface area contributed by atoms with Crippen LogP contribution in [0.3, 0.4) is 0 Å². The number of oxime groups is 1. The molecule has 0 radical (unpaired) electrons. The van der Waals surface area contributed by atoms with Gasteiger partial charge in [-0.2, -0.15) is 0 Å². The van der Waals surface area contributed by atoms with Crippen LogP contribution in [0.25, 0.3) is 22.3 Å². The Morgan fingerprint density at radius 2 is 1.85 bits per heavy atom. The number of esters is 1. The zero-order valence-corrected chi connectivity index (χ0v) is 22.7. The van der Waals surface area contributed by atoms with E-state index in [1.54, 1.807) is 23.8 Å². The molecule has 4 heterocycles. The number of aliphatic hydroxyl groups is 1. The van der Waals surface area contributed by atoms with Gasteiger partial charge in [-0.25, -0.2) is 9.78 Å². The number of carbonyl (C=O) groups excluding carboxylic acids is 1. The first-order chi connectivity index (χ1) is 19.4. The number of hydrogen-bond acceptors (Lipinski definition) is 7. The maximum Gasteiger partial charge on any atom is 0.343 e. The number of nitrogens with zero attached hydrogens (tertiary/aromatic N) is 3. The highest BCUT2D eigenvalue weighted by atomic mass is 16.6. The number of para-hydroxylation sites is 1. The Morgan fingerprint density at radius 3 is 2.58 bits per heavy atom. The number of fused-ring (bicyclic) bond motifs is 5. The molecule has 0 unspecified atom stereocenters. The zero-order chi connectivity index (χ0) is 27.2. The van der Waals surface area contributed by atoms with Crippen molar-refractivity contribution in [3.8, 4) is 11.4 Å². The number of ether oxygens (including phenoxy) is 1. The standard InChI is InChI=1S/C32H33N3O5/c1-2-32(38)25-10-27-28-23(15-35(27)29(36)24(25)16-39-30(32)37)22(21-5-3-4-6-26(21)34-28)14-33-40-17-31-11-18-7-19(12-31)9-20(8-18)13-31/h3-6,10,14,18-20,38H,2,7-9,11-13,15-17H2,1H3/t18?,19?,20?,31?,32-/m0/s1. The van der Waals surface area contributed by atoms with Gasteiger partial charge in [0.2, 0.25) is 0 Å². The summed E-state index contributed by atoms with van der Waals surface area (Å²) in [5.74, 6) is 1.86. The lowest BCUT2D eigenvalue weighted by atomic mass is 9.50. The van der Waals surface area contributed by atoms with Crippen LogP contribution in [0.5, 0.6) is 0 Å². The first-order valence-corrected chi connectivity index (χ1v) is 14.6. The van der Waals surface area contributed by atoms with E-state index in [1.165, 1.54) is 38.5 Å². The van der Waals surface area contributed by atoms with Gasteiger partial charge in [-0.05, 0) is 74.8 Å². The van der Waals surface area contributed by atoms with E-state index in [1.807, 2.05) is 24.3 Å². The Hall–Kier alpha value is -3.52. The van der Waals surface area contributed by atoms with E-state index in [2.05, 4.69) is 5.16 Å². The molecule has 1 atom stereocenters. The highest BCUT2D eigenvalue weighted by Gasteiger charge is 2.51. The summed E-state index contributed by atoms with van der Waals surface area (Å²) in [6.45, 7) is 2.55. The van der Waals surface area contributed by atoms with Crippen LogP contribution in [0, 0.1) is 23.2 Å². The first-order valence-electron chi connectivity index (χ1n) is 14.6. The number of pyridine rings is 2. The molecule has 2 aromatic heterocycles. The number of hydrogen-bond donors (Lipinski definition) is 1. The van der Waals surface area contributed by atoms with E-state index in [0.717, 1.165) is 39.8 Å². The van der Waals surface area contributed by atoms with Gasteiger partial charge >= 0.3 is 5.97 Å². The SMILES string of the molecule is CC[C@@]1(O)C(=O)OCc2c1cc1n(c2=O)Cc2c-1nc1ccccc1c2C=NOCC12CC3CC(CC(C3)C1)C2. The van der Waals surface area contributed by atoms with Crippen molar-refractivity contribution in [2.75, 3.05) is 6.61 Å². The molecule has 8 nitrogen and oxygen atoms in total. The van der Waals surface area contributed by atoms with Crippen molar-refractivity contribution in [3.63, 3.8) is 0 Å². The van der Waals surface area contributed by atoms with Gasteiger partial charge in [0.1, 0.15) is 13.2 Å². The van der Waals surface area contributed by atoms with E-state index in [-0.39, 0.29) is 24.0 Å². The van der Waals surface area contributed by atoms with Crippen LogP contribution >= 0.6 is 0 Å². The largest absolute Gasteiger partial charge is 0.458 e. The Kier molecular flexibility index (Phi) is 5.16. The first kappa shape index (κ1) is 24.3. The van der Waals surface area contributed by atoms with Gasteiger partial charge in [-0.15, -0.1) is 0 Å². The fraction of sp³-hybridized carbons (Fsp3) is 0.500. The van der Waals surface area contributed by atoms with Gasteiger partial charge < -0.3 is 19.2 Å². The molecular weight excluding hydrogens is 506 g/mol. The Morgan fingerprint density at radius 1 is 1.12 bits per heavy atom. The summed E-state index contributed by atoms with van der Waals surface area (Å²) in [4.78, 5) is 37.1. The highest BCUT2D eigenvalue weighted by molar-refractivity contribution is 6.02. The molecule has 0 amide bonds. The highest BCUT2D eigenvalue weighted by Crippen LogP contribution is 2.60. The molecule has 1 aromatic carbocycles. The van der Waals surface area contributed by atoms with E-state index in [4.69, 9.17) is 14.6 Å². The van der Waals surface area contributed by atoms with E-state index >= 15 is 0 Å². The minimum atomic E-state index is -1.85. The third-order valence-corrected chi connectivity index (χ3v) is 10.4. The van der Waals surface area contributed by atoms with E-state index in [0.29, 0.717) is 35.7 Å². The number of cyclic esters (lactones) is 1. The van der Waals surface area contributed by atoms with Crippen LogP contribution in [0.15, 0.2) is 40.3 Å². The summed E-state index contributed by atoms with van der Waals surface area (Å²) < 4.78 is 6.88. The third-order valence-electron chi connectivity index (χ3n) is 10.4. The summed E-state index contributed by atoms with van der Waals surface area (Å²) in [6, 6.07) is 9.62. The second-order valence-corrected chi connectivity index (χ2v) is 12.9. The summed E-state index contributed by atoms with van der Waals surface area (Å²) >= 11 is 0. The lowest BCUT2D eigenvalue weighted by molar-refractivity contribution is -0.172. The monoisotopic (exact) mass is 539 g/mol. The molecular formula is C32H33N3O5. The van der Waals surface area contributed by atoms with Crippen LogP contribution in [0.4, 0.5) is 0 Å². The molecule has 4 fully saturated rings. The molecule has 4 aliphatic carbocycles. The van der Waals surface area contributed by atoms with Gasteiger partial charge in [0, 0.05) is 27.5 Å². The predicted octanol–water partition coefficient (Wildman–Crippen LogP) is 4.65. The summed E-state index contributed by atoms with van der Waals surface area (Å²) in [6.07, 6.45) is 9.89. The van der Waals surface area contributed by atoms with Gasteiger partial charge in [-0.3, -0.25) is 4.79 Å². The fourth-order valence-corrected chi connectivity index (χ4v) is 8.94. The molecule has 40 heavy (non-hydrogen) atoms. The van der Waals surface area contributed by atoms with E-state index < -0.39 is 11.6 Å². The normalized spacial score (nSPS) is 31.4. The molecule has 1 N–H and O–H groups in total. The number of benzene rings is 1. The van der Waals surface area contributed by atoms with Crippen molar-refractivity contribution >= 4 is 23.1 Å². The minimum absolute atomic E-state index is 0.110. The maximum atomic E-state index is 13.6. The van der Waals surface area contributed by atoms with Crippen LogP contribution < -0.4 is 5.56 Å². The predicted molar refractivity (Wildman–Crippen MR) is 149 cm³/mol. The number of rotatable bonds is 5. The second kappa shape index (κ2) is 8.49. The molecule has 9 rings (SSSR count). The average Bonchev–Trinajstić information content (AvgIpc) is 3.31. The third kappa shape index (κ3) is 3.41. The summed E-state index contributed by atoms with van der Waals surface area (Å²) in [5.41, 5.74) is 2.59. The molecule has 8 heteroatoms. The lowest BCUT2D eigenvalue weighted by Gasteiger charge is -2.56. The lowest BCUT2D eigenvalue weighted by Crippen LogP contribution is -2.48. The van der Waals surface area contributed by atoms with Crippen LogP contribution in [-0.2, 0) is 33.1 Å². The molecule has 3 aromatic rings. The number of aromatic nitrogens is 2. The quantitative estimate of drug-likeness (QED) is 0.225. The molecule has 4 saturated carbocycles. The maximum absolute atomic E-state index is 13.6.